The minimum absolute atomic E-state index is 0.228. The molecule has 0 unspecified atom stereocenters. The number of imidazole rings is 1. The highest BCUT2D eigenvalue weighted by atomic mass is 32.2. The summed E-state index contributed by atoms with van der Waals surface area (Å²) in [4.78, 5) is 4.22. The van der Waals surface area contributed by atoms with Gasteiger partial charge in [0.1, 0.15) is 5.82 Å². The van der Waals surface area contributed by atoms with E-state index >= 15 is 0 Å². The largest absolute Gasteiger partial charge is 0.295 e. The zero-order valence-corrected chi connectivity index (χ0v) is 9.17. The van der Waals surface area contributed by atoms with Crippen molar-refractivity contribution in [3.8, 4) is 5.69 Å². The Bertz CT molecular complexity index is 453. The van der Waals surface area contributed by atoms with Crippen LogP contribution in [0.15, 0.2) is 41.8 Å². The average molecular weight is 222 g/mol. The summed E-state index contributed by atoms with van der Waals surface area (Å²) < 4.78 is 14.9. The van der Waals surface area contributed by atoms with Gasteiger partial charge in [0.05, 0.1) is 5.69 Å². The second kappa shape index (κ2) is 4.49. The van der Waals surface area contributed by atoms with E-state index < -0.39 is 0 Å². The first kappa shape index (κ1) is 10.2. The summed E-state index contributed by atoms with van der Waals surface area (Å²) in [5.41, 5.74) is 0.809. The number of benzene rings is 1. The lowest BCUT2D eigenvalue weighted by Crippen LogP contribution is -1.95. The van der Waals surface area contributed by atoms with Gasteiger partial charge >= 0.3 is 0 Å². The van der Waals surface area contributed by atoms with Crippen LogP contribution in [0.1, 0.15) is 6.92 Å². The van der Waals surface area contributed by atoms with Crippen LogP contribution in [0, 0.1) is 5.82 Å². The molecule has 0 saturated heterocycles. The fraction of sp³-hybridized carbons (Fsp3) is 0.182. The van der Waals surface area contributed by atoms with Gasteiger partial charge < -0.3 is 0 Å². The first-order chi connectivity index (χ1) is 7.31. The third kappa shape index (κ3) is 2.21. The lowest BCUT2D eigenvalue weighted by Gasteiger charge is -2.06. The van der Waals surface area contributed by atoms with Crippen molar-refractivity contribution in [2.45, 2.75) is 12.1 Å². The van der Waals surface area contributed by atoms with Crippen molar-refractivity contribution in [2.75, 3.05) is 5.75 Å². The monoisotopic (exact) mass is 222 g/mol. The van der Waals surface area contributed by atoms with Crippen LogP contribution in [0.2, 0.25) is 0 Å². The lowest BCUT2D eigenvalue weighted by atomic mass is 10.3. The van der Waals surface area contributed by atoms with Crippen LogP contribution in [0.4, 0.5) is 4.39 Å². The van der Waals surface area contributed by atoms with Crippen molar-refractivity contribution in [3.63, 3.8) is 0 Å². The van der Waals surface area contributed by atoms with E-state index in [-0.39, 0.29) is 5.82 Å². The Morgan fingerprint density at radius 1 is 1.47 bits per heavy atom. The number of nitrogens with zero attached hydrogens (tertiary/aromatic N) is 2. The molecular weight excluding hydrogens is 211 g/mol. The molecule has 0 spiro atoms. The quantitative estimate of drug-likeness (QED) is 0.742. The van der Waals surface area contributed by atoms with Gasteiger partial charge in [-0.05, 0) is 24.0 Å². The van der Waals surface area contributed by atoms with E-state index in [1.807, 2.05) is 16.8 Å². The van der Waals surface area contributed by atoms with Crippen molar-refractivity contribution < 1.29 is 4.39 Å². The number of halogens is 1. The Balaban J connectivity index is 2.40. The molecule has 2 aromatic rings. The van der Waals surface area contributed by atoms with Gasteiger partial charge in [-0.3, -0.25) is 4.57 Å². The molecule has 4 heteroatoms. The van der Waals surface area contributed by atoms with Crippen molar-refractivity contribution >= 4 is 11.8 Å². The van der Waals surface area contributed by atoms with Gasteiger partial charge in [-0.15, -0.1) is 0 Å². The smallest absolute Gasteiger partial charge is 0.172 e. The Morgan fingerprint density at radius 2 is 2.33 bits per heavy atom. The van der Waals surface area contributed by atoms with E-state index in [9.17, 15) is 4.39 Å². The molecule has 78 valence electrons. The van der Waals surface area contributed by atoms with Gasteiger partial charge in [0.15, 0.2) is 5.16 Å². The maximum Gasteiger partial charge on any atom is 0.172 e. The van der Waals surface area contributed by atoms with Crippen LogP contribution in [0.3, 0.4) is 0 Å². The third-order valence-corrected chi connectivity index (χ3v) is 2.82. The van der Waals surface area contributed by atoms with Gasteiger partial charge in [0, 0.05) is 12.4 Å². The second-order valence-electron chi connectivity index (χ2n) is 2.99. The molecule has 0 bridgehead atoms. The van der Waals surface area contributed by atoms with Gasteiger partial charge in [-0.2, -0.15) is 0 Å². The number of thioether (sulfide) groups is 1. The van der Waals surface area contributed by atoms with Crippen LogP contribution >= 0.6 is 11.8 Å². The summed E-state index contributed by atoms with van der Waals surface area (Å²) in [5.74, 6) is 0.723. The highest BCUT2D eigenvalue weighted by Gasteiger charge is 2.04. The summed E-state index contributed by atoms with van der Waals surface area (Å²) in [6, 6.07) is 6.50. The summed E-state index contributed by atoms with van der Waals surface area (Å²) >= 11 is 1.64. The number of hydrogen-bond acceptors (Lipinski definition) is 2. The van der Waals surface area contributed by atoms with Crippen LogP contribution in [0.5, 0.6) is 0 Å². The highest BCUT2D eigenvalue weighted by Crippen LogP contribution is 2.20. The maximum absolute atomic E-state index is 13.0. The van der Waals surface area contributed by atoms with E-state index in [0.717, 1.165) is 16.6 Å². The summed E-state index contributed by atoms with van der Waals surface area (Å²) in [6.07, 6.45) is 3.57. The number of aromatic nitrogens is 2. The number of rotatable bonds is 3. The fourth-order valence-electron chi connectivity index (χ4n) is 1.35. The van der Waals surface area contributed by atoms with Crippen molar-refractivity contribution in [1.82, 2.24) is 9.55 Å². The Kier molecular flexibility index (Phi) is 3.06. The average Bonchev–Trinajstić information content (AvgIpc) is 2.66. The Hall–Kier alpha value is -1.29. The van der Waals surface area contributed by atoms with Crippen LogP contribution < -0.4 is 0 Å². The van der Waals surface area contributed by atoms with E-state index in [0.29, 0.717) is 0 Å². The van der Waals surface area contributed by atoms with E-state index in [1.54, 1.807) is 24.0 Å². The summed E-state index contributed by atoms with van der Waals surface area (Å²) in [6.45, 7) is 2.06. The fourth-order valence-corrected chi connectivity index (χ4v) is 2.05. The molecule has 1 aromatic carbocycles. The van der Waals surface area contributed by atoms with Crippen LogP contribution in [-0.4, -0.2) is 15.3 Å². The minimum Gasteiger partial charge on any atom is -0.295 e. The molecule has 0 atom stereocenters. The molecule has 0 aliphatic rings. The molecular formula is C11H11FN2S. The minimum atomic E-state index is -0.228. The summed E-state index contributed by atoms with van der Waals surface area (Å²) in [5, 5.41) is 0.892. The SMILES string of the molecule is CCSc1nccn1-c1cccc(F)c1. The molecule has 2 rings (SSSR count). The predicted octanol–water partition coefficient (Wildman–Crippen LogP) is 3.12. The topological polar surface area (TPSA) is 17.8 Å². The molecule has 0 N–H and O–H groups in total. The molecule has 2 nitrogen and oxygen atoms in total. The molecule has 0 fully saturated rings. The lowest BCUT2D eigenvalue weighted by molar-refractivity contribution is 0.626. The molecule has 0 amide bonds. The van der Waals surface area contributed by atoms with Gasteiger partial charge in [0.2, 0.25) is 0 Å². The van der Waals surface area contributed by atoms with Crippen molar-refractivity contribution in [2.24, 2.45) is 0 Å². The normalized spacial score (nSPS) is 10.5. The maximum atomic E-state index is 13.0. The molecule has 0 saturated carbocycles. The third-order valence-electron chi connectivity index (χ3n) is 1.97. The second-order valence-corrected chi connectivity index (χ2v) is 4.22. The highest BCUT2D eigenvalue weighted by molar-refractivity contribution is 7.99. The first-order valence-corrected chi connectivity index (χ1v) is 5.72. The van der Waals surface area contributed by atoms with Crippen molar-refractivity contribution in [1.29, 1.82) is 0 Å². The zero-order valence-electron chi connectivity index (χ0n) is 8.35. The Morgan fingerprint density at radius 3 is 3.07 bits per heavy atom. The molecule has 15 heavy (non-hydrogen) atoms. The van der Waals surface area contributed by atoms with Gasteiger partial charge in [0.25, 0.3) is 0 Å². The zero-order chi connectivity index (χ0) is 10.7. The first-order valence-electron chi connectivity index (χ1n) is 4.73. The standard InChI is InChI=1S/C11H11FN2S/c1-2-15-11-13-6-7-14(11)10-5-3-4-9(12)8-10/h3-8H,2H2,1H3. The molecule has 0 aliphatic carbocycles. The summed E-state index contributed by atoms with van der Waals surface area (Å²) in [7, 11) is 0. The molecule has 0 aliphatic heterocycles. The number of hydrogen-bond donors (Lipinski definition) is 0. The predicted molar refractivity (Wildman–Crippen MR) is 59.9 cm³/mol. The molecule has 1 heterocycles. The van der Waals surface area contributed by atoms with Gasteiger partial charge in [-0.25, -0.2) is 9.37 Å². The van der Waals surface area contributed by atoms with Crippen molar-refractivity contribution in [3.05, 3.63) is 42.5 Å². The van der Waals surface area contributed by atoms with Crippen LogP contribution in [0.25, 0.3) is 5.69 Å². The van der Waals surface area contributed by atoms with Gasteiger partial charge in [-0.1, -0.05) is 24.8 Å². The molecule has 0 radical (unpaired) electrons. The van der Waals surface area contributed by atoms with E-state index in [4.69, 9.17) is 0 Å². The Labute approximate surface area is 92.1 Å². The van der Waals surface area contributed by atoms with E-state index in [2.05, 4.69) is 11.9 Å². The van der Waals surface area contributed by atoms with Crippen LogP contribution in [-0.2, 0) is 0 Å². The van der Waals surface area contributed by atoms with E-state index in [1.165, 1.54) is 12.1 Å². The molecule has 1 aromatic heterocycles.